The minimum absolute atomic E-state index is 0.432. The molecule has 0 aliphatic heterocycles. The number of nitrogens with zero attached hydrogens (tertiary/aromatic N) is 2. The van der Waals surface area contributed by atoms with Crippen molar-refractivity contribution in [2.24, 2.45) is 0 Å². The molecule has 0 unspecified atom stereocenters. The van der Waals surface area contributed by atoms with E-state index in [1.165, 1.54) is 0 Å². The average molecular weight is 290 g/mol. The molecule has 1 heterocycles. The molecule has 0 N–H and O–H groups in total. The largest absolute Gasteiger partial charge is 0.461 e. The van der Waals surface area contributed by atoms with Crippen LogP contribution in [0.4, 0.5) is 22.0 Å². The van der Waals surface area contributed by atoms with E-state index in [1.54, 1.807) is 30.3 Å². The number of carbonyl (C=O) groups excluding carboxylic acids is 1. The maximum Gasteiger partial charge on any atom is 0.461 e. The Morgan fingerprint density at radius 1 is 1.05 bits per heavy atom. The van der Waals surface area contributed by atoms with Crippen molar-refractivity contribution < 1.29 is 26.7 Å². The van der Waals surface area contributed by atoms with Gasteiger partial charge in [-0.25, -0.2) is 4.68 Å². The summed E-state index contributed by atoms with van der Waals surface area (Å²) in [7, 11) is 0. The minimum atomic E-state index is -5.93. The third-order valence-corrected chi connectivity index (χ3v) is 2.51. The molecule has 0 spiro atoms. The number of hydrogen-bond acceptors (Lipinski definition) is 2. The zero-order chi connectivity index (χ0) is 15.0. The summed E-state index contributed by atoms with van der Waals surface area (Å²) in [6.45, 7) is 0. The van der Waals surface area contributed by atoms with Crippen molar-refractivity contribution in [1.29, 1.82) is 0 Å². The predicted molar refractivity (Wildman–Crippen MR) is 58.9 cm³/mol. The highest BCUT2D eigenvalue weighted by Crippen LogP contribution is 2.37. The molecule has 0 aliphatic rings. The molecular formula is C12H7F5N2O. The Morgan fingerprint density at radius 2 is 1.65 bits per heavy atom. The zero-order valence-corrected chi connectivity index (χ0v) is 9.73. The smallest absolute Gasteiger partial charge is 0.287 e. The van der Waals surface area contributed by atoms with Crippen molar-refractivity contribution in [2.45, 2.75) is 12.1 Å². The van der Waals surface area contributed by atoms with E-state index in [0.717, 1.165) is 10.9 Å². The first kappa shape index (κ1) is 14.2. The van der Waals surface area contributed by atoms with Gasteiger partial charge < -0.3 is 0 Å². The number of Topliss-reactive ketones (excluding diaryl/α,β-unsaturated/α-hetero) is 1. The van der Waals surface area contributed by atoms with Crippen LogP contribution < -0.4 is 0 Å². The molecular weight excluding hydrogens is 283 g/mol. The number of ketones is 1. The van der Waals surface area contributed by atoms with Crippen LogP contribution in [0.25, 0.3) is 5.69 Å². The lowest BCUT2D eigenvalue weighted by atomic mass is 10.1. The molecule has 0 fully saturated rings. The van der Waals surface area contributed by atoms with Gasteiger partial charge in [-0.05, 0) is 12.1 Å². The van der Waals surface area contributed by atoms with Gasteiger partial charge in [0.25, 0.3) is 0 Å². The summed E-state index contributed by atoms with van der Waals surface area (Å²) in [5.74, 6) is -7.76. The van der Waals surface area contributed by atoms with E-state index in [1.807, 2.05) is 0 Å². The maximum absolute atomic E-state index is 12.9. The van der Waals surface area contributed by atoms with E-state index in [9.17, 15) is 26.7 Å². The zero-order valence-electron chi connectivity index (χ0n) is 9.73. The lowest BCUT2D eigenvalue weighted by molar-refractivity contribution is -0.255. The summed E-state index contributed by atoms with van der Waals surface area (Å²) in [5, 5.41) is 3.60. The van der Waals surface area contributed by atoms with E-state index in [4.69, 9.17) is 0 Å². The van der Waals surface area contributed by atoms with Crippen molar-refractivity contribution in [1.82, 2.24) is 9.78 Å². The highest BCUT2D eigenvalue weighted by Gasteiger charge is 2.63. The highest BCUT2D eigenvalue weighted by molar-refractivity contribution is 6.01. The molecule has 2 aromatic rings. The number of aromatic nitrogens is 2. The number of rotatable bonds is 3. The normalized spacial score (nSPS) is 12.4. The molecule has 0 bridgehead atoms. The Balaban J connectivity index is 2.33. The van der Waals surface area contributed by atoms with Gasteiger partial charge >= 0.3 is 12.1 Å². The molecule has 0 amide bonds. The lowest BCUT2D eigenvalue weighted by Crippen LogP contribution is -2.43. The molecule has 0 saturated carbocycles. The molecule has 106 valence electrons. The van der Waals surface area contributed by atoms with Gasteiger partial charge in [-0.2, -0.15) is 27.1 Å². The third kappa shape index (κ3) is 2.40. The summed E-state index contributed by atoms with van der Waals surface area (Å²) in [6.07, 6.45) is -4.43. The Kier molecular flexibility index (Phi) is 3.33. The fourth-order valence-corrected chi connectivity index (χ4v) is 1.47. The number of halogens is 5. The Labute approximate surface area is 109 Å². The first-order valence-corrected chi connectivity index (χ1v) is 5.33. The molecule has 0 aliphatic carbocycles. The predicted octanol–water partition coefficient (Wildman–Crippen LogP) is 3.25. The van der Waals surface area contributed by atoms with Gasteiger partial charge in [-0.15, -0.1) is 0 Å². The van der Waals surface area contributed by atoms with Crippen LogP contribution in [0.5, 0.6) is 0 Å². The third-order valence-electron chi connectivity index (χ3n) is 2.51. The van der Waals surface area contributed by atoms with Crippen molar-refractivity contribution >= 4 is 5.78 Å². The highest BCUT2D eigenvalue weighted by atomic mass is 19.4. The Hall–Kier alpha value is -2.25. The fourth-order valence-electron chi connectivity index (χ4n) is 1.47. The van der Waals surface area contributed by atoms with Gasteiger partial charge in [-0.3, -0.25) is 4.79 Å². The summed E-state index contributed by atoms with van der Waals surface area (Å²) < 4.78 is 63.2. The number of hydrogen-bond donors (Lipinski definition) is 0. The molecule has 0 saturated heterocycles. The average Bonchev–Trinajstić information content (AvgIpc) is 2.87. The standard InChI is InChI=1S/C12H7F5N2O/c13-11(14,12(15,16)17)10(20)8-6-18-19(7-8)9-4-2-1-3-5-9/h1-7H. The van der Waals surface area contributed by atoms with Crippen LogP contribution in [0.3, 0.4) is 0 Å². The van der Waals surface area contributed by atoms with Crippen molar-refractivity contribution in [3.63, 3.8) is 0 Å². The van der Waals surface area contributed by atoms with Crippen LogP contribution in [-0.4, -0.2) is 27.7 Å². The topological polar surface area (TPSA) is 34.9 Å². The minimum Gasteiger partial charge on any atom is -0.287 e. The van der Waals surface area contributed by atoms with Crippen molar-refractivity contribution in [3.05, 3.63) is 48.3 Å². The molecule has 0 atom stereocenters. The number of alkyl halides is 5. The van der Waals surface area contributed by atoms with Crippen LogP contribution >= 0.6 is 0 Å². The van der Waals surface area contributed by atoms with Gasteiger partial charge in [0, 0.05) is 6.20 Å². The lowest BCUT2D eigenvalue weighted by Gasteiger charge is -2.16. The summed E-state index contributed by atoms with van der Waals surface area (Å²) in [5.41, 5.74) is -0.377. The van der Waals surface area contributed by atoms with E-state index in [2.05, 4.69) is 5.10 Å². The number of carbonyl (C=O) groups is 1. The van der Waals surface area contributed by atoms with Gasteiger partial charge in [0.05, 0.1) is 17.4 Å². The second-order valence-corrected chi connectivity index (χ2v) is 3.91. The van der Waals surface area contributed by atoms with Crippen LogP contribution in [-0.2, 0) is 0 Å². The first-order chi connectivity index (χ1) is 9.23. The molecule has 0 radical (unpaired) electrons. The number of para-hydroxylation sites is 1. The number of benzene rings is 1. The molecule has 2 rings (SSSR count). The van der Waals surface area contributed by atoms with Gasteiger partial charge in [0.2, 0.25) is 5.78 Å². The summed E-state index contributed by atoms with van der Waals surface area (Å²) >= 11 is 0. The SMILES string of the molecule is O=C(c1cnn(-c2ccccc2)c1)C(F)(F)C(F)(F)F. The van der Waals surface area contributed by atoms with Crippen molar-refractivity contribution in [2.75, 3.05) is 0 Å². The summed E-state index contributed by atoms with van der Waals surface area (Å²) in [6, 6.07) is 8.06. The molecule has 3 nitrogen and oxygen atoms in total. The maximum atomic E-state index is 12.9. The Morgan fingerprint density at radius 3 is 2.20 bits per heavy atom. The van der Waals surface area contributed by atoms with Gasteiger partial charge in [-0.1, -0.05) is 18.2 Å². The summed E-state index contributed by atoms with van der Waals surface area (Å²) in [4.78, 5) is 11.2. The van der Waals surface area contributed by atoms with E-state index < -0.39 is 23.4 Å². The second kappa shape index (κ2) is 4.69. The van der Waals surface area contributed by atoms with Gasteiger partial charge in [0.1, 0.15) is 0 Å². The van der Waals surface area contributed by atoms with Crippen LogP contribution in [0.15, 0.2) is 42.7 Å². The van der Waals surface area contributed by atoms with Gasteiger partial charge in [0.15, 0.2) is 0 Å². The first-order valence-electron chi connectivity index (χ1n) is 5.33. The van der Waals surface area contributed by atoms with Crippen LogP contribution in [0.1, 0.15) is 10.4 Å². The molecule has 1 aromatic heterocycles. The van der Waals surface area contributed by atoms with Crippen LogP contribution in [0.2, 0.25) is 0 Å². The second-order valence-electron chi connectivity index (χ2n) is 3.91. The molecule has 20 heavy (non-hydrogen) atoms. The van der Waals surface area contributed by atoms with E-state index in [-0.39, 0.29) is 0 Å². The molecule has 8 heteroatoms. The quantitative estimate of drug-likeness (QED) is 0.642. The molecule has 1 aromatic carbocycles. The van der Waals surface area contributed by atoms with Crippen LogP contribution in [0, 0.1) is 0 Å². The fraction of sp³-hybridized carbons (Fsp3) is 0.167. The monoisotopic (exact) mass is 290 g/mol. The Bertz CT molecular complexity index is 618. The van der Waals surface area contributed by atoms with E-state index >= 15 is 0 Å². The van der Waals surface area contributed by atoms with Crippen molar-refractivity contribution in [3.8, 4) is 5.69 Å². The van der Waals surface area contributed by atoms with E-state index in [0.29, 0.717) is 11.9 Å².